The molecule has 3 saturated heterocycles. The minimum absolute atomic E-state index is 0.368. The third kappa shape index (κ3) is 3.35. The van der Waals surface area contributed by atoms with Crippen molar-refractivity contribution in [1.82, 2.24) is 15.1 Å². The van der Waals surface area contributed by atoms with Gasteiger partial charge in [0.25, 0.3) is 0 Å². The standard InChI is InChI=1S/C16H31N3O/c1-2-17-12-16(6-10-20-14-16)13-18-8-9-19-7-4-3-5-15(19)11-18/h15,17H,2-14H2,1H3. The summed E-state index contributed by atoms with van der Waals surface area (Å²) >= 11 is 0. The Labute approximate surface area is 123 Å². The van der Waals surface area contributed by atoms with E-state index in [1.54, 1.807) is 0 Å². The normalized spacial score (nSPS) is 36.1. The van der Waals surface area contributed by atoms with Crippen molar-refractivity contribution in [3.63, 3.8) is 0 Å². The molecule has 3 rings (SSSR count). The van der Waals surface area contributed by atoms with Crippen molar-refractivity contribution in [2.75, 3.05) is 59.0 Å². The van der Waals surface area contributed by atoms with Crippen LogP contribution in [0.15, 0.2) is 0 Å². The van der Waals surface area contributed by atoms with Gasteiger partial charge >= 0.3 is 0 Å². The maximum atomic E-state index is 5.73. The first kappa shape index (κ1) is 14.8. The second-order valence-electron chi connectivity index (χ2n) is 7.00. The maximum absolute atomic E-state index is 5.73. The average molecular weight is 281 g/mol. The van der Waals surface area contributed by atoms with Crippen molar-refractivity contribution in [2.24, 2.45) is 5.41 Å². The highest BCUT2D eigenvalue weighted by Crippen LogP contribution is 2.31. The predicted molar refractivity (Wildman–Crippen MR) is 82.1 cm³/mol. The van der Waals surface area contributed by atoms with E-state index in [0.29, 0.717) is 5.41 Å². The summed E-state index contributed by atoms with van der Waals surface area (Å²) in [5.41, 5.74) is 0.368. The summed E-state index contributed by atoms with van der Waals surface area (Å²) < 4.78 is 5.73. The van der Waals surface area contributed by atoms with E-state index in [1.165, 1.54) is 58.4 Å². The van der Waals surface area contributed by atoms with Crippen LogP contribution in [0, 0.1) is 5.41 Å². The predicted octanol–water partition coefficient (Wildman–Crippen LogP) is 1.17. The van der Waals surface area contributed by atoms with E-state index in [2.05, 4.69) is 22.0 Å². The van der Waals surface area contributed by atoms with Gasteiger partial charge in [-0.1, -0.05) is 13.3 Å². The van der Waals surface area contributed by atoms with Gasteiger partial charge < -0.3 is 10.1 Å². The number of rotatable bonds is 5. The van der Waals surface area contributed by atoms with Crippen LogP contribution in [0.3, 0.4) is 0 Å². The minimum Gasteiger partial charge on any atom is -0.381 e. The van der Waals surface area contributed by atoms with Gasteiger partial charge in [0.05, 0.1) is 6.61 Å². The summed E-state index contributed by atoms with van der Waals surface area (Å²) in [6.45, 7) is 12.7. The first-order chi connectivity index (χ1) is 9.81. The number of piperazine rings is 1. The monoisotopic (exact) mass is 281 g/mol. The van der Waals surface area contributed by atoms with Gasteiger partial charge in [-0.25, -0.2) is 0 Å². The van der Waals surface area contributed by atoms with E-state index >= 15 is 0 Å². The fraction of sp³-hybridized carbons (Fsp3) is 1.00. The molecule has 0 bridgehead atoms. The van der Waals surface area contributed by atoms with Gasteiger partial charge in [0.15, 0.2) is 0 Å². The van der Waals surface area contributed by atoms with Crippen LogP contribution in [0.1, 0.15) is 32.6 Å². The molecule has 0 aliphatic carbocycles. The largest absolute Gasteiger partial charge is 0.381 e. The van der Waals surface area contributed by atoms with E-state index in [0.717, 1.165) is 32.3 Å². The second kappa shape index (κ2) is 6.73. The van der Waals surface area contributed by atoms with Crippen LogP contribution in [0.5, 0.6) is 0 Å². The molecule has 3 aliphatic heterocycles. The zero-order valence-electron chi connectivity index (χ0n) is 13.1. The van der Waals surface area contributed by atoms with Crippen molar-refractivity contribution < 1.29 is 4.74 Å². The summed E-state index contributed by atoms with van der Waals surface area (Å²) in [4.78, 5) is 5.45. The molecule has 3 aliphatic rings. The highest BCUT2D eigenvalue weighted by atomic mass is 16.5. The molecular weight excluding hydrogens is 250 g/mol. The number of hydrogen-bond donors (Lipinski definition) is 1. The Morgan fingerprint density at radius 1 is 1.25 bits per heavy atom. The molecule has 0 aromatic carbocycles. The van der Waals surface area contributed by atoms with E-state index in [-0.39, 0.29) is 0 Å². The Bertz CT molecular complexity index is 304. The van der Waals surface area contributed by atoms with E-state index in [9.17, 15) is 0 Å². The van der Waals surface area contributed by atoms with E-state index < -0.39 is 0 Å². The number of fused-ring (bicyclic) bond motifs is 1. The Hall–Kier alpha value is -0.160. The fourth-order valence-corrected chi connectivity index (χ4v) is 4.20. The first-order valence-electron chi connectivity index (χ1n) is 8.56. The summed E-state index contributed by atoms with van der Waals surface area (Å²) in [7, 11) is 0. The molecule has 2 unspecified atom stereocenters. The third-order valence-corrected chi connectivity index (χ3v) is 5.42. The summed E-state index contributed by atoms with van der Waals surface area (Å²) in [5, 5.41) is 3.56. The number of ether oxygens (including phenoxy) is 1. The van der Waals surface area contributed by atoms with Crippen molar-refractivity contribution >= 4 is 0 Å². The van der Waals surface area contributed by atoms with Crippen molar-refractivity contribution in [3.8, 4) is 0 Å². The maximum Gasteiger partial charge on any atom is 0.0547 e. The average Bonchev–Trinajstić information content (AvgIpc) is 2.94. The highest BCUT2D eigenvalue weighted by molar-refractivity contribution is 4.92. The molecular formula is C16H31N3O. The van der Waals surface area contributed by atoms with Crippen LogP contribution < -0.4 is 5.32 Å². The zero-order chi connectivity index (χ0) is 13.8. The molecule has 0 saturated carbocycles. The lowest BCUT2D eigenvalue weighted by Crippen LogP contribution is -2.57. The SMILES string of the molecule is CCNCC1(CN2CCN3CCCCC3C2)CCOC1. The van der Waals surface area contributed by atoms with Crippen LogP contribution in [0.4, 0.5) is 0 Å². The number of hydrogen-bond acceptors (Lipinski definition) is 4. The highest BCUT2D eigenvalue weighted by Gasteiger charge is 2.38. The molecule has 0 amide bonds. The summed E-state index contributed by atoms with van der Waals surface area (Å²) in [5.74, 6) is 0. The second-order valence-corrected chi connectivity index (χ2v) is 7.00. The lowest BCUT2D eigenvalue weighted by atomic mass is 9.85. The minimum atomic E-state index is 0.368. The summed E-state index contributed by atoms with van der Waals surface area (Å²) in [6.07, 6.45) is 5.48. The van der Waals surface area contributed by atoms with Crippen molar-refractivity contribution in [1.29, 1.82) is 0 Å². The van der Waals surface area contributed by atoms with Crippen LogP contribution in [0.2, 0.25) is 0 Å². The Kier molecular flexibility index (Phi) is 4.97. The number of nitrogens with one attached hydrogen (secondary N) is 1. The topological polar surface area (TPSA) is 27.7 Å². The quantitative estimate of drug-likeness (QED) is 0.819. The first-order valence-corrected chi connectivity index (χ1v) is 8.56. The van der Waals surface area contributed by atoms with Crippen molar-refractivity contribution in [2.45, 2.75) is 38.6 Å². The van der Waals surface area contributed by atoms with Gasteiger partial charge in [-0.15, -0.1) is 0 Å². The van der Waals surface area contributed by atoms with Crippen molar-refractivity contribution in [3.05, 3.63) is 0 Å². The lowest BCUT2D eigenvalue weighted by molar-refractivity contribution is 0.0222. The van der Waals surface area contributed by atoms with Crippen LogP contribution >= 0.6 is 0 Å². The molecule has 0 spiro atoms. The molecule has 0 aromatic heterocycles. The lowest BCUT2D eigenvalue weighted by Gasteiger charge is -2.46. The van der Waals surface area contributed by atoms with Crippen LogP contribution in [0.25, 0.3) is 0 Å². The Balaban J connectivity index is 1.55. The van der Waals surface area contributed by atoms with E-state index in [4.69, 9.17) is 4.74 Å². The van der Waals surface area contributed by atoms with Crippen LogP contribution in [-0.2, 0) is 4.74 Å². The fourth-order valence-electron chi connectivity index (χ4n) is 4.20. The van der Waals surface area contributed by atoms with Gasteiger partial charge in [-0.3, -0.25) is 9.80 Å². The third-order valence-electron chi connectivity index (χ3n) is 5.42. The summed E-state index contributed by atoms with van der Waals surface area (Å²) in [6, 6.07) is 0.830. The van der Waals surface area contributed by atoms with Gasteiger partial charge in [-0.2, -0.15) is 0 Å². The molecule has 20 heavy (non-hydrogen) atoms. The number of nitrogens with zero attached hydrogens (tertiary/aromatic N) is 2. The molecule has 2 atom stereocenters. The molecule has 0 radical (unpaired) electrons. The molecule has 4 nitrogen and oxygen atoms in total. The van der Waals surface area contributed by atoms with Gasteiger partial charge in [0.2, 0.25) is 0 Å². The molecule has 1 N–H and O–H groups in total. The van der Waals surface area contributed by atoms with Gasteiger partial charge in [0.1, 0.15) is 0 Å². The van der Waals surface area contributed by atoms with Gasteiger partial charge in [0, 0.05) is 50.8 Å². The smallest absolute Gasteiger partial charge is 0.0547 e. The molecule has 0 aromatic rings. The molecule has 3 heterocycles. The number of piperidine rings is 1. The van der Waals surface area contributed by atoms with Gasteiger partial charge in [-0.05, 0) is 32.4 Å². The molecule has 4 heteroatoms. The Morgan fingerprint density at radius 3 is 3.00 bits per heavy atom. The van der Waals surface area contributed by atoms with Crippen LogP contribution in [-0.4, -0.2) is 74.9 Å². The molecule has 116 valence electrons. The van der Waals surface area contributed by atoms with E-state index in [1.807, 2.05) is 0 Å². The Morgan fingerprint density at radius 2 is 2.20 bits per heavy atom. The molecule has 3 fully saturated rings. The zero-order valence-corrected chi connectivity index (χ0v) is 13.1.